The average molecular weight is 337 g/mol. The number of rotatable bonds is 12. The molecule has 136 valence electrons. The molecule has 2 rings (SSSR count). The molecule has 0 spiro atoms. The van der Waals surface area contributed by atoms with Crippen LogP contribution in [0.3, 0.4) is 0 Å². The van der Waals surface area contributed by atoms with Gasteiger partial charge in [0, 0.05) is 18.5 Å². The summed E-state index contributed by atoms with van der Waals surface area (Å²) < 4.78 is 6.03. The molecular weight excluding hydrogens is 306 g/mol. The van der Waals surface area contributed by atoms with Crippen LogP contribution in [0.2, 0.25) is 0 Å². The molecule has 0 unspecified atom stereocenters. The Morgan fingerprint density at radius 2 is 2.21 bits per heavy atom. The highest BCUT2D eigenvalue weighted by molar-refractivity contribution is 5.66. The average Bonchev–Trinajstić information content (AvgIpc) is 3.15. The molecule has 2 aliphatic heterocycles. The topological polar surface area (TPSA) is 67.8 Å². The second-order valence-electron chi connectivity index (χ2n) is 6.66. The van der Waals surface area contributed by atoms with Crippen molar-refractivity contribution in [1.82, 2.24) is 5.48 Å². The van der Waals surface area contributed by atoms with E-state index < -0.39 is 5.97 Å². The molecule has 0 radical (unpaired) electrons. The maximum absolute atomic E-state index is 10.5. The van der Waals surface area contributed by atoms with Crippen LogP contribution >= 0.6 is 0 Å². The molecular formula is C19H31NO4. The predicted octanol–water partition coefficient (Wildman–Crippen LogP) is 3.96. The van der Waals surface area contributed by atoms with Crippen molar-refractivity contribution in [3.05, 3.63) is 23.9 Å². The molecule has 2 bridgehead atoms. The van der Waals surface area contributed by atoms with Gasteiger partial charge in [0.25, 0.3) is 0 Å². The summed E-state index contributed by atoms with van der Waals surface area (Å²) in [4.78, 5) is 16.0. The van der Waals surface area contributed by atoms with E-state index in [1.807, 2.05) is 6.20 Å². The first-order valence-electron chi connectivity index (χ1n) is 9.32. The van der Waals surface area contributed by atoms with Gasteiger partial charge in [-0.1, -0.05) is 31.9 Å². The van der Waals surface area contributed by atoms with Gasteiger partial charge in [0.2, 0.25) is 0 Å². The maximum atomic E-state index is 10.5. The molecule has 2 saturated heterocycles. The third kappa shape index (κ3) is 5.95. The highest BCUT2D eigenvalue weighted by Crippen LogP contribution is 2.44. The summed E-state index contributed by atoms with van der Waals surface area (Å²) in [5, 5.41) is 8.63. The molecule has 2 aliphatic rings. The molecule has 0 aliphatic carbocycles. The van der Waals surface area contributed by atoms with Gasteiger partial charge in [-0.3, -0.25) is 15.1 Å². The number of allylic oxidation sites excluding steroid dienone is 2. The molecule has 0 aromatic rings. The number of unbranched alkanes of at least 4 members (excludes halogenated alkanes) is 3. The number of fused-ring (bicyclic) bond motifs is 2. The molecule has 0 amide bonds. The van der Waals surface area contributed by atoms with Crippen molar-refractivity contribution in [3.8, 4) is 0 Å². The Kier molecular flexibility index (Phi) is 8.33. The van der Waals surface area contributed by atoms with Gasteiger partial charge in [-0.25, -0.2) is 0 Å². The third-order valence-corrected chi connectivity index (χ3v) is 4.78. The lowest BCUT2D eigenvalue weighted by molar-refractivity contribution is -0.137. The van der Waals surface area contributed by atoms with Gasteiger partial charge in [-0.15, -0.1) is 0 Å². The molecule has 2 N–H and O–H groups in total. The Labute approximate surface area is 145 Å². The lowest BCUT2D eigenvalue weighted by Crippen LogP contribution is -2.21. The Morgan fingerprint density at radius 1 is 1.33 bits per heavy atom. The van der Waals surface area contributed by atoms with Crippen LogP contribution in [0.5, 0.6) is 0 Å². The molecule has 2 fully saturated rings. The molecule has 0 aromatic heterocycles. The number of ether oxygens (including phenoxy) is 1. The van der Waals surface area contributed by atoms with E-state index in [1.54, 1.807) is 0 Å². The Bertz CT molecular complexity index is 447. The number of aliphatic carboxylic acids is 1. The first-order valence-corrected chi connectivity index (χ1v) is 9.32. The molecule has 5 heteroatoms. The standard InChI is InChI=1S/C19H31NO4/c1-2-3-8-13-23-20-14-16-15(17-11-12-18(16)24-17)9-6-4-5-7-10-19(21)22/h4,6,14-15,17-18,20H,2-3,5,7-13H2,1H3,(H,21,22)/t15-,17-,18+/m1/s1. The first-order chi connectivity index (χ1) is 11.7. The summed E-state index contributed by atoms with van der Waals surface area (Å²) in [6, 6.07) is 0. The Hall–Kier alpha value is -1.33. The number of carbonyl (C=O) groups is 1. The quantitative estimate of drug-likeness (QED) is 0.320. The molecule has 24 heavy (non-hydrogen) atoms. The van der Waals surface area contributed by atoms with E-state index in [4.69, 9.17) is 14.7 Å². The van der Waals surface area contributed by atoms with Gasteiger partial charge in [0.05, 0.1) is 18.8 Å². The van der Waals surface area contributed by atoms with Crippen LogP contribution in [0.25, 0.3) is 0 Å². The smallest absolute Gasteiger partial charge is 0.303 e. The summed E-state index contributed by atoms with van der Waals surface area (Å²) in [5.41, 5.74) is 4.31. The van der Waals surface area contributed by atoms with Crippen molar-refractivity contribution in [2.75, 3.05) is 6.61 Å². The zero-order chi connectivity index (χ0) is 17.2. The molecule has 3 atom stereocenters. The molecule has 0 aromatic carbocycles. The van der Waals surface area contributed by atoms with Crippen LogP contribution in [0.1, 0.15) is 64.7 Å². The van der Waals surface area contributed by atoms with Crippen molar-refractivity contribution < 1.29 is 19.5 Å². The van der Waals surface area contributed by atoms with Crippen molar-refractivity contribution in [1.29, 1.82) is 0 Å². The fourth-order valence-corrected chi connectivity index (χ4v) is 3.47. The highest BCUT2D eigenvalue weighted by Gasteiger charge is 2.44. The van der Waals surface area contributed by atoms with Crippen LogP contribution in [-0.2, 0) is 14.4 Å². The number of carboxylic acids is 1. The van der Waals surface area contributed by atoms with E-state index in [1.165, 1.54) is 18.4 Å². The molecule has 5 nitrogen and oxygen atoms in total. The van der Waals surface area contributed by atoms with Gasteiger partial charge in [0.15, 0.2) is 0 Å². The maximum Gasteiger partial charge on any atom is 0.303 e. The number of nitrogens with one attached hydrogen (secondary N) is 1. The van der Waals surface area contributed by atoms with Crippen molar-refractivity contribution >= 4 is 5.97 Å². The van der Waals surface area contributed by atoms with E-state index in [2.05, 4.69) is 24.6 Å². The monoisotopic (exact) mass is 337 g/mol. The number of carboxylic acid groups (broad SMARTS) is 1. The fourth-order valence-electron chi connectivity index (χ4n) is 3.47. The number of hydrogen-bond donors (Lipinski definition) is 2. The van der Waals surface area contributed by atoms with Crippen LogP contribution in [0.15, 0.2) is 23.9 Å². The van der Waals surface area contributed by atoms with Gasteiger partial charge in [-0.2, -0.15) is 0 Å². The van der Waals surface area contributed by atoms with Crippen LogP contribution in [0, 0.1) is 5.92 Å². The van der Waals surface area contributed by atoms with E-state index in [0.29, 0.717) is 18.4 Å². The van der Waals surface area contributed by atoms with E-state index in [-0.39, 0.29) is 12.5 Å². The molecule has 0 saturated carbocycles. The first kappa shape index (κ1) is 19.0. The second-order valence-corrected chi connectivity index (χ2v) is 6.66. The minimum atomic E-state index is -0.722. The summed E-state index contributed by atoms with van der Waals surface area (Å²) >= 11 is 0. The van der Waals surface area contributed by atoms with Crippen molar-refractivity contribution in [3.63, 3.8) is 0 Å². The second kappa shape index (κ2) is 10.5. The minimum Gasteiger partial charge on any atom is -0.481 e. The summed E-state index contributed by atoms with van der Waals surface area (Å²) in [7, 11) is 0. The van der Waals surface area contributed by atoms with E-state index in [0.717, 1.165) is 38.7 Å². The third-order valence-electron chi connectivity index (χ3n) is 4.78. The highest BCUT2D eigenvalue weighted by atomic mass is 16.6. The van der Waals surface area contributed by atoms with Gasteiger partial charge >= 0.3 is 5.97 Å². The predicted molar refractivity (Wildman–Crippen MR) is 93.3 cm³/mol. The van der Waals surface area contributed by atoms with Crippen molar-refractivity contribution in [2.24, 2.45) is 5.92 Å². The summed E-state index contributed by atoms with van der Waals surface area (Å²) in [6.07, 6.45) is 15.3. The Morgan fingerprint density at radius 3 is 3.00 bits per heavy atom. The lowest BCUT2D eigenvalue weighted by Gasteiger charge is -2.20. The number of hydrogen-bond acceptors (Lipinski definition) is 4. The fraction of sp³-hybridized carbons (Fsp3) is 0.737. The summed E-state index contributed by atoms with van der Waals surface area (Å²) in [5.74, 6) is -0.300. The lowest BCUT2D eigenvalue weighted by atomic mass is 9.82. The zero-order valence-corrected chi connectivity index (χ0v) is 14.7. The number of hydroxylamine groups is 1. The van der Waals surface area contributed by atoms with Crippen molar-refractivity contribution in [2.45, 2.75) is 76.9 Å². The largest absolute Gasteiger partial charge is 0.481 e. The molecule has 2 heterocycles. The van der Waals surface area contributed by atoms with Gasteiger partial charge in [-0.05, 0) is 44.1 Å². The van der Waals surface area contributed by atoms with Crippen LogP contribution in [-0.4, -0.2) is 29.9 Å². The normalized spacial score (nSPS) is 27.4. The summed E-state index contributed by atoms with van der Waals surface area (Å²) in [6.45, 7) is 2.92. The van der Waals surface area contributed by atoms with Crippen LogP contribution < -0.4 is 5.48 Å². The van der Waals surface area contributed by atoms with Crippen LogP contribution in [0.4, 0.5) is 0 Å². The van der Waals surface area contributed by atoms with E-state index in [9.17, 15) is 4.79 Å². The van der Waals surface area contributed by atoms with E-state index >= 15 is 0 Å². The SMILES string of the molecule is CCCCCONC=C1[C@@H]2CC[C@@H](O2)[C@@H]1CC=CCCCC(=O)O. The zero-order valence-electron chi connectivity index (χ0n) is 14.7. The minimum absolute atomic E-state index is 0.242. The van der Waals surface area contributed by atoms with Gasteiger partial charge < -0.3 is 9.84 Å². The van der Waals surface area contributed by atoms with Gasteiger partial charge in [0.1, 0.15) is 0 Å². The Balaban J connectivity index is 1.72.